The number of aromatic nitrogens is 3. The normalized spacial score (nSPS) is 20.0. The zero-order chi connectivity index (χ0) is 22.8. The minimum atomic E-state index is -1.19. The number of thiazole rings is 1. The van der Waals surface area contributed by atoms with Gasteiger partial charge in [0.25, 0.3) is 11.8 Å². The molecule has 2 atom stereocenters. The standard InChI is InChI=1S/C16H15N7O5S4.Na.H/c1-28-21-9(7-5-31-16(17)19-7)12(24)20-10-13(25)23-11(15(26)27)6(4-30-14(10)23)3-29-8-2-18-22-32-8;;/h2,5,10,14H,3-4H2,1H3,(H2,17,19)(H,20,24)(H,26,27);;/t10-,14-;;/m1../s1. The number of nitrogen functional groups attached to an aromatic ring is 1. The van der Waals surface area contributed by atoms with Crippen molar-refractivity contribution < 1.29 is 24.3 Å². The van der Waals surface area contributed by atoms with Crippen LogP contribution >= 0.6 is 46.4 Å². The van der Waals surface area contributed by atoms with Gasteiger partial charge in [-0.1, -0.05) is 9.64 Å². The van der Waals surface area contributed by atoms with Gasteiger partial charge < -0.3 is 21.0 Å². The van der Waals surface area contributed by atoms with Crippen LogP contribution in [0.2, 0.25) is 0 Å². The summed E-state index contributed by atoms with van der Waals surface area (Å²) in [7, 11) is 1.28. The van der Waals surface area contributed by atoms with Gasteiger partial charge in [0.1, 0.15) is 34.1 Å². The van der Waals surface area contributed by atoms with Crippen molar-refractivity contribution in [1.29, 1.82) is 0 Å². The fourth-order valence-corrected chi connectivity index (χ4v) is 6.53. The molecule has 12 nitrogen and oxygen atoms in total. The Morgan fingerprint density at radius 3 is 2.88 bits per heavy atom. The number of carboxylic acid groups (broad SMARTS) is 1. The second kappa shape index (κ2) is 11.2. The summed E-state index contributed by atoms with van der Waals surface area (Å²) >= 11 is 5.14. The van der Waals surface area contributed by atoms with E-state index in [9.17, 15) is 19.5 Å². The molecule has 2 aliphatic heterocycles. The van der Waals surface area contributed by atoms with Gasteiger partial charge in [0.15, 0.2) is 10.8 Å². The van der Waals surface area contributed by atoms with Crippen molar-refractivity contribution in [3.05, 3.63) is 28.5 Å². The summed E-state index contributed by atoms with van der Waals surface area (Å²) in [5, 5.41) is 21.1. The molecule has 33 heavy (non-hydrogen) atoms. The zero-order valence-electron chi connectivity index (χ0n) is 16.3. The molecule has 4 heterocycles. The average molecular weight is 538 g/mol. The van der Waals surface area contributed by atoms with Crippen molar-refractivity contribution >= 4 is 105 Å². The van der Waals surface area contributed by atoms with Crippen LogP contribution in [-0.2, 0) is 19.2 Å². The number of nitrogens with zero attached hydrogens (tertiary/aromatic N) is 5. The molecule has 0 aromatic carbocycles. The molecule has 0 saturated carbocycles. The molecular weight excluding hydrogens is 521 g/mol. The number of amides is 2. The number of fused-ring (bicyclic) bond motifs is 1. The summed E-state index contributed by atoms with van der Waals surface area (Å²) in [6.45, 7) is 0. The van der Waals surface area contributed by atoms with Gasteiger partial charge >= 0.3 is 35.5 Å². The molecule has 4 N–H and O–H groups in total. The van der Waals surface area contributed by atoms with E-state index in [1.807, 2.05) is 0 Å². The summed E-state index contributed by atoms with van der Waals surface area (Å²) in [6, 6.07) is -0.903. The van der Waals surface area contributed by atoms with Crippen LogP contribution in [0.1, 0.15) is 5.69 Å². The van der Waals surface area contributed by atoms with E-state index in [1.54, 1.807) is 11.6 Å². The molecule has 0 aliphatic carbocycles. The number of anilines is 1. The van der Waals surface area contributed by atoms with Crippen LogP contribution in [0, 0.1) is 0 Å². The Balaban J connectivity index is 0.00000306. The van der Waals surface area contributed by atoms with Gasteiger partial charge in [0, 0.05) is 16.9 Å². The molecule has 2 aliphatic rings. The Hall–Kier alpha value is -1.69. The number of rotatable bonds is 8. The van der Waals surface area contributed by atoms with Crippen LogP contribution in [0.25, 0.3) is 0 Å². The van der Waals surface area contributed by atoms with Gasteiger partial charge in [0.05, 0.1) is 6.20 Å². The fraction of sp³-hybridized carbons (Fsp3) is 0.312. The van der Waals surface area contributed by atoms with E-state index in [0.717, 1.165) is 15.5 Å². The van der Waals surface area contributed by atoms with Crippen molar-refractivity contribution in [3.63, 3.8) is 0 Å². The number of hydrogen-bond donors (Lipinski definition) is 3. The Kier molecular flexibility index (Phi) is 8.76. The summed E-state index contributed by atoms with van der Waals surface area (Å²) < 4.78 is 4.63. The summed E-state index contributed by atoms with van der Waals surface area (Å²) in [5.74, 6) is -1.57. The summed E-state index contributed by atoms with van der Waals surface area (Å²) in [4.78, 5) is 47.5. The number of β-lactam (4-membered cyclic amide) rings is 1. The maximum absolute atomic E-state index is 12.8. The van der Waals surface area contributed by atoms with Crippen LogP contribution in [0.4, 0.5) is 5.13 Å². The number of nitrogens with two attached hydrogens (primary N) is 1. The molecule has 1 saturated heterocycles. The van der Waals surface area contributed by atoms with E-state index >= 15 is 0 Å². The van der Waals surface area contributed by atoms with Crippen LogP contribution in [0.15, 0.2) is 32.2 Å². The van der Waals surface area contributed by atoms with Crippen molar-refractivity contribution in [3.8, 4) is 0 Å². The van der Waals surface area contributed by atoms with Crippen LogP contribution < -0.4 is 11.1 Å². The third-order valence-electron chi connectivity index (χ3n) is 4.43. The van der Waals surface area contributed by atoms with E-state index in [1.165, 1.54) is 47.1 Å². The Bertz CT molecular complexity index is 1120. The monoisotopic (exact) mass is 537 g/mol. The number of carboxylic acids is 1. The molecule has 1 fully saturated rings. The molecule has 0 radical (unpaired) electrons. The molecule has 17 heteroatoms. The van der Waals surface area contributed by atoms with Crippen LogP contribution in [0.5, 0.6) is 0 Å². The molecule has 2 aromatic heterocycles. The number of carbonyl (C=O) groups is 3. The number of oxime groups is 1. The first-order valence-corrected chi connectivity index (χ1v) is 12.5. The molecule has 0 bridgehead atoms. The number of thioether (sulfide) groups is 2. The van der Waals surface area contributed by atoms with Crippen LogP contribution in [-0.4, -0.2) is 108 Å². The van der Waals surface area contributed by atoms with E-state index < -0.39 is 29.2 Å². The van der Waals surface area contributed by atoms with Crippen molar-refractivity contribution in [2.24, 2.45) is 5.16 Å². The minimum absolute atomic E-state index is 0. The number of hydrogen-bond acceptors (Lipinski definition) is 13. The predicted octanol–water partition coefficient (Wildman–Crippen LogP) is -0.190. The first-order chi connectivity index (χ1) is 15.4. The Morgan fingerprint density at radius 1 is 1.48 bits per heavy atom. The Morgan fingerprint density at radius 2 is 2.27 bits per heavy atom. The maximum atomic E-state index is 12.8. The van der Waals surface area contributed by atoms with Crippen molar-refractivity contribution in [2.75, 3.05) is 24.3 Å². The Labute approximate surface area is 225 Å². The zero-order valence-corrected chi connectivity index (χ0v) is 19.5. The van der Waals surface area contributed by atoms with E-state index in [2.05, 4.69) is 25.0 Å². The topological polar surface area (TPSA) is 173 Å². The summed E-state index contributed by atoms with van der Waals surface area (Å²) in [6.07, 6.45) is 1.60. The summed E-state index contributed by atoms with van der Waals surface area (Å²) in [5.41, 5.74) is 6.28. The number of carbonyl (C=O) groups excluding carboxylic acids is 2. The molecule has 170 valence electrons. The second-order valence-electron chi connectivity index (χ2n) is 6.34. The molecule has 2 amide bonds. The third-order valence-corrected chi connectivity index (χ3v) is 8.36. The molecule has 0 spiro atoms. The van der Waals surface area contributed by atoms with Gasteiger partial charge in [0.2, 0.25) is 0 Å². The quantitative estimate of drug-likeness (QED) is 0.134. The SMILES string of the molecule is CON=C(C(=O)N[C@@H]1C(=O)N2C(C(=O)O)=C(CSc3cnns3)CS[C@H]12)c1csc(N)n1.[NaH]. The van der Waals surface area contributed by atoms with Gasteiger partial charge in [-0.2, -0.15) is 0 Å². The second-order valence-corrected chi connectivity index (χ2v) is 10.4. The third kappa shape index (κ3) is 5.36. The van der Waals surface area contributed by atoms with E-state index in [-0.39, 0.29) is 51.8 Å². The first-order valence-electron chi connectivity index (χ1n) is 8.84. The van der Waals surface area contributed by atoms with Gasteiger partial charge in [-0.25, -0.2) is 9.78 Å². The predicted molar refractivity (Wildman–Crippen MR) is 128 cm³/mol. The van der Waals surface area contributed by atoms with E-state index in [4.69, 9.17) is 10.6 Å². The van der Waals surface area contributed by atoms with Gasteiger partial charge in [-0.05, 0) is 17.1 Å². The number of nitrogens with one attached hydrogen (secondary N) is 1. The molecular formula is C16H16N7NaO5S4. The van der Waals surface area contributed by atoms with Crippen LogP contribution in [0.3, 0.4) is 0 Å². The van der Waals surface area contributed by atoms with Gasteiger partial charge in [-0.3, -0.25) is 14.5 Å². The van der Waals surface area contributed by atoms with Crippen molar-refractivity contribution in [1.82, 2.24) is 24.8 Å². The number of aliphatic carboxylic acids is 1. The molecule has 4 rings (SSSR count). The van der Waals surface area contributed by atoms with Gasteiger partial charge in [-0.15, -0.1) is 40.0 Å². The molecule has 2 aromatic rings. The average Bonchev–Trinajstić information content (AvgIpc) is 3.45. The molecule has 0 unspecified atom stereocenters. The first kappa shape index (κ1) is 25.9. The van der Waals surface area contributed by atoms with E-state index in [0.29, 0.717) is 17.1 Å². The van der Waals surface area contributed by atoms with Crippen molar-refractivity contribution in [2.45, 2.75) is 15.6 Å². The fourth-order valence-electron chi connectivity index (χ4n) is 3.08.